The van der Waals surface area contributed by atoms with E-state index in [4.69, 9.17) is 10.5 Å². The van der Waals surface area contributed by atoms with Gasteiger partial charge in [0.25, 0.3) is 0 Å². The van der Waals surface area contributed by atoms with Crippen molar-refractivity contribution in [2.45, 2.75) is 57.7 Å². The van der Waals surface area contributed by atoms with Gasteiger partial charge in [0.05, 0.1) is 0 Å². The second kappa shape index (κ2) is 4.17. The molecule has 2 atom stereocenters. The number of ether oxygens (including phenoxy) is 1. The highest BCUT2D eigenvalue weighted by Crippen LogP contribution is 2.17. The molecule has 0 bridgehead atoms. The maximum atomic E-state index is 11.3. The third kappa shape index (κ3) is 3.96. The zero-order valence-corrected chi connectivity index (χ0v) is 9.17. The van der Waals surface area contributed by atoms with Crippen molar-refractivity contribution in [3.63, 3.8) is 0 Å². The fourth-order valence-electron chi connectivity index (χ4n) is 1.62. The first-order valence-electron chi connectivity index (χ1n) is 5.12. The number of hydrogen-bond acceptors (Lipinski definition) is 3. The van der Waals surface area contributed by atoms with E-state index in [1.54, 1.807) is 0 Å². The van der Waals surface area contributed by atoms with Crippen molar-refractivity contribution in [3.8, 4) is 0 Å². The summed E-state index contributed by atoms with van der Waals surface area (Å²) in [6, 6.07) is 0.426. The molecule has 1 fully saturated rings. The van der Waals surface area contributed by atoms with Gasteiger partial charge in [-0.25, -0.2) is 4.79 Å². The van der Waals surface area contributed by atoms with Gasteiger partial charge in [-0.05, 0) is 40.0 Å². The normalized spacial score (nSPS) is 27.4. The Hall–Kier alpha value is -0.770. The molecule has 0 radical (unpaired) electrons. The van der Waals surface area contributed by atoms with E-state index >= 15 is 0 Å². The summed E-state index contributed by atoms with van der Waals surface area (Å²) in [4.78, 5) is 11.3. The number of amides is 1. The van der Waals surface area contributed by atoms with Gasteiger partial charge >= 0.3 is 6.09 Å². The average Bonchev–Trinajstić information content (AvgIpc) is 2.30. The molecule has 0 heterocycles. The number of alkyl carbamates (subject to hydrolysis) is 1. The first-order chi connectivity index (χ1) is 6.37. The smallest absolute Gasteiger partial charge is 0.407 e. The molecule has 0 aliphatic heterocycles. The lowest BCUT2D eigenvalue weighted by Crippen LogP contribution is -2.38. The summed E-state index contributed by atoms with van der Waals surface area (Å²) in [6.07, 6.45) is 2.47. The van der Waals surface area contributed by atoms with Crippen LogP contribution in [0.3, 0.4) is 0 Å². The van der Waals surface area contributed by atoms with Gasteiger partial charge in [0, 0.05) is 12.1 Å². The van der Waals surface area contributed by atoms with E-state index in [2.05, 4.69) is 5.32 Å². The second-order valence-electron chi connectivity index (χ2n) is 4.92. The van der Waals surface area contributed by atoms with Crippen LogP contribution in [0.2, 0.25) is 0 Å². The van der Waals surface area contributed by atoms with Crippen molar-refractivity contribution < 1.29 is 9.53 Å². The minimum absolute atomic E-state index is 0.194. The van der Waals surface area contributed by atoms with E-state index in [0.717, 1.165) is 19.3 Å². The highest BCUT2D eigenvalue weighted by atomic mass is 16.6. The lowest BCUT2D eigenvalue weighted by molar-refractivity contribution is 0.0505. The molecule has 2 unspecified atom stereocenters. The van der Waals surface area contributed by atoms with Crippen LogP contribution in [0.4, 0.5) is 4.79 Å². The summed E-state index contributed by atoms with van der Waals surface area (Å²) in [7, 11) is 0. The average molecular weight is 200 g/mol. The maximum Gasteiger partial charge on any atom is 0.407 e. The lowest BCUT2D eigenvalue weighted by atomic mass is 10.2. The zero-order valence-electron chi connectivity index (χ0n) is 9.17. The van der Waals surface area contributed by atoms with Crippen LogP contribution in [0.25, 0.3) is 0 Å². The van der Waals surface area contributed by atoms with Crippen molar-refractivity contribution in [1.29, 1.82) is 0 Å². The Balaban J connectivity index is 2.27. The largest absolute Gasteiger partial charge is 0.444 e. The number of nitrogens with two attached hydrogens (primary N) is 1. The number of nitrogens with one attached hydrogen (secondary N) is 1. The number of carbonyl (C=O) groups excluding carboxylic acids is 1. The minimum Gasteiger partial charge on any atom is -0.444 e. The Bertz CT molecular complexity index is 211. The highest BCUT2D eigenvalue weighted by Gasteiger charge is 2.25. The molecule has 0 aromatic rings. The van der Waals surface area contributed by atoms with E-state index in [-0.39, 0.29) is 18.2 Å². The minimum atomic E-state index is -0.426. The van der Waals surface area contributed by atoms with Crippen molar-refractivity contribution >= 4 is 6.09 Å². The first kappa shape index (κ1) is 11.3. The molecule has 0 aromatic carbocycles. The Labute approximate surface area is 85.2 Å². The zero-order chi connectivity index (χ0) is 10.8. The summed E-state index contributed by atoms with van der Waals surface area (Å²) >= 11 is 0. The molecule has 0 saturated heterocycles. The van der Waals surface area contributed by atoms with Crippen molar-refractivity contribution in [3.05, 3.63) is 0 Å². The molecule has 1 rings (SSSR count). The number of hydrogen-bond donors (Lipinski definition) is 2. The monoisotopic (exact) mass is 200 g/mol. The van der Waals surface area contributed by atoms with Gasteiger partial charge in [-0.1, -0.05) is 0 Å². The summed E-state index contributed by atoms with van der Waals surface area (Å²) in [6.45, 7) is 5.56. The fraction of sp³-hybridized carbons (Fsp3) is 0.900. The van der Waals surface area contributed by atoms with Crippen LogP contribution in [-0.4, -0.2) is 23.8 Å². The Morgan fingerprint density at radius 3 is 2.50 bits per heavy atom. The third-order valence-corrected chi connectivity index (χ3v) is 2.19. The molecule has 4 nitrogen and oxygen atoms in total. The van der Waals surface area contributed by atoms with Gasteiger partial charge < -0.3 is 15.8 Å². The SMILES string of the molecule is CC(C)(C)OC(=O)NC1CCC(N)C1. The summed E-state index contributed by atoms with van der Waals surface area (Å²) < 4.78 is 5.14. The van der Waals surface area contributed by atoms with Crippen LogP contribution < -0.4 is 11.1 Å². The molecule has 14 heavy (non-hydrogen) atoms. The van der Waals surface area contributed by atoms with E-state index in [1.165, 1.54) is 0 Å². The Morgan fingerprint density at radius 2 is 2.07 bits per heavy atom. The Kier molecular flexibility index (Phi) is 3.37. The summed E-state index contributed by atoms with van der Waals surface area (Å²) in [5.41, 5.74) is 5.31. The van der Waals surface area contributed by atoms with E-state index in [9.17, 15) is 4.79 Å². The molecule has 4 heteroatoms. The maximum absolute atomic E-state index is 11.3. The summed E-state index contributed by atoms with van der Waals surface area (Å²) in [5.74, 6) is 0. The van der Waals surface area contributed by atoms with Gasteiger partial charge in [0.1, 0.15) is 5.60 Å². The van der Waals surface area contributed by atoms with Crippen LogP contribution >= 0.6 is 0 Å². The van der Waals surface area contributed by atoms with Crippen LogP contribution in [0.15, 0.2) is 0 Å². The van der Waals surface area contributed by atoms with Crippen LogP contribution in [0.1, 0.15) is 40.0 Å². The van der Waals surface area contributed by atoms with E-state index in [1.807, 2.05) is 20.8 Å². The molecule has 0 spiro atoms. The van der Waals surface area contributed by atoms with E-state index < -0.39 is 5.60 Å². The molecular weight excluding hydrogens is 180 g/mol. The number of rotatable bonds is 1. The molecule has 3 N–H and O–H groups in total. The molecule has 82 valence electrons. The lowest BCUT2D eigenvalue weighted by Gasteiger charge is -2.21. The molecular formula is C10H20N2O2. The number of carbonyl (C=O) groups is 1. The van der Waals surface area contributed by atoms with Crippen LogP contribution in [0, 0.1) is 0 Å². The Morgan fingerprint density at radius 1 is 1.43 bits per heavy atom. The quantitative estimate of drug-likeness (QED) is 0.672. The van der Waals surface area contributed by atoms with Crippen molar-refractivity contribution in [1.82, 2.24) is 5.32 Å². The molecule has 1 aliphatic rings. The van der Waals surface area contributed by atoms with Gasteiger partial charge in [-0.2, -0.15) is 0 Å². The van der Waals surface area contributed by atoms with Gasteiger partial charge in [-0.15, -0.1) is 0 Å². The van der Waals surface area contributed by atoms with Crippen LogP contribution in [-0.2, 0) is 4.74 Å². The van der Waals surface area contributed by atoms with Gasteiger partial charge in [-0.3, -0.25) is 0 Å². The van der Waals surface area contributed by atoms with E-state index in [0.29, 0.717) is 0 Å². The predicted molar refractivity (Wildman–Crippen MR) is 55.0 cm³/mol. The standard InChI is InChI=1S/C10H20N2O2/c1-10(2,3)14-9(13)12-8-5-4-7(11)6-8/h7-8H,4-6,11H2,1-3H3,(H,12,13). The highest BCUT2D eigenvalue weighted by molar-refractivity contribution is 5.68. The first-order valence-corrected chi connectivity index (χ1v) is 5.12. The molecule has 0 aromatic heterocycles. The predicted octanol–water partition coefficient (Wildman–Crippen LogP) is 1.39. The molecule has 1 saturated carbocycles. The fourth-order valence-corrected chi connectivity index (χ4v) is 1.62. The third-order valence-electron chi connectivity index (χ3n) is 2.19. The van der Waals surface area contributed by atoms with Gasteiger partial charge in [0.15, 0.2) is 0 Å². The van der Waals surface area contributed by atoms with Gasteiger partial charge in [0.2, 0.25) is 0 Å². The molecule has 1 amide bonds. The summed E-state index contributed by atoms with van der Waals surface area (Å²) in [5, 5.41) is 2.82. The topological polar surface area (TPSA) is 64.3 Å². The molecule has 1 aliphatic carbocycles. The van der Waals surface area contributed by atoms with Crippen molar-refractivity contribution in [2.75, 3.05) is 0 Å². The second-order valence-corrected chi connectivity index (χ2v) is 4.92. The van der Waals surface area contributed by atoms with Crippen LogP contribution in [0.5, 0.6) is 0 Å². The van der Waals surface area contributed by atoms with Crippen molar-refractivity contribution in [2.24, 2.45) is 5.73 Å².